The summed E-state index contributed by atoms with van der Waals surface area (Å²) in [5.41, 5.74) is 1.56. The number of aliphatic hydroxyl groups is 3. The molecule has 2 aromatic carbocycles. The van der Waals surface area contributed by atoms with Crippen LogP contribution in [0.15, 0.2) is 36.4 Å². The smallest absolute Gasteiger partial charge is 0.161 e. The van der Waals surface area contributed by atoms with Crippen molar-refractivity contribution in [3.05, 3.63) is 47.5 Å². The van der Waals surface area contributed by atoms with Gasteiger partial charge in [0.15, 0.2) is 23.0 Å². The number of aliphatic hydroxyl groups excluding tert-OH is 3. The van der Waals surface area contributed by atoms with Gasteiger partial charge in [-0.3, -0.25) is 0 Å². The molecule has 0 aromatic heterocycles. The van der Waals surface area contributed by atoms with Gasteiger partial charge in [-0.1, -0.05) is 12.1 Å². The van der Waals surface area contributed by atoms with Gasteiger partial charge in [-0.25, -0.2) is 0 Å². The van der Waals surface area contributed by atoms with Crippen molar-refractivity contribution in [3.8, 4) is 23.0 Å². The topological polar surface area (TPSA) is 109 Å². The van der Waals surface area contributed by atoms with Gasteiger partial charge in [0, 0.05) is 37.6 Å². The van der Waals surface area contributed by atoms with Crippen molar-refractivity contribution in [1.82, 2.24) is 0 Å². The number of hydrogen-bond acceptors (Lipinski definition) is 7. The average molecular weight is 392 g/mol. The van der Waals surface area contributed by atoms with Gasteiger partial charge in [-0.2, -0.15) is 0 Å². The normalized spacial score (nSPS) is 13.2. The molecule has 28 heavy (non-hydrogen) atoms. The van der Waals surface area contributed by atoms with E-state index in [2.05, 4.69) is 0 Å². The Morgan fingerprint density at radius 3 is 1.75 bits per heavy atom. The molecule has 0 aliphatic rings. The Hall–Kier alpha value is -2.48. The van der Waals surface area contributed by atoms with Gasteiger partial charge in [0.1, 0.15) is 0 Å². The van der Waals surface area contributed by atoms with E-state index in [0.717, 1.165) is 11.1 Å². The Bertz CT molecular complexity index is 758. The third-order valence-electron chi connectivity index (χ3n) is 5.04. The van der Waals surface area contributed by atoms with Crippen LogP contribution in [0.4, 0.5) is 0 Å². The van der Waals surface area contributed by atoms with Crippen LogP contribution in [0, 0.1) is 11.8 Å². The zero-order valence-corrected chi connectivity index (χ0v) is 16.3. The van der Waals surface area contributed by atoms with Crippen molar-refractivity contribution >= 4 is 0 Å². The van der Waals surface area contributed by atoms with Crippen molar-refractivity contribution in [2.75, 3.05) is 41.2 Å². The zero-order chi connectivity index (χ0) is 20.7. The van der Waals surface area contributed by atoms with E-state index in [0.29, 0.717) is 17.2 Å². The summed E-state index contributed by atoms with van der Waals surface area (Å²) in [6.45, 7) is -0.810. The Labute approximate surface area is 164 Å². The summed E-state index contributed by atoms with van der Waals surface area (Å²) in [5.74, 6) is -0.0385. The maximum atomic E-state index is 10.1. The summed E-state index contributed by atoms with van der Waals surface area (Å²) in [6.07, 6.45) is 0. The quantitative estimate of drug-likeness (QED) is 0.488. The first-order valence-electron chi connectivity index (χ1n) is 8.95. The lowest BCUT2D eigenvalue weighted by Gasteiger charge is -2.32. The second-order valence-corrected chi connectivity index (χ2v) is 6.50. The standard InChI is InChI=1S/C21H28O7/c1-26-18-7-5-14(9-20(18)28-3)21(16(12-24)15(10-22)11-23)13-4-6-17(25)19(8-13)27-2/h4-9,15-16,21-25H,10-12H2,1-3H3/t16-,21-/m1/s1. The molecule has 2 aromatic rings. The molecule has 0 heterocycles. The number of methoxy groups -OCH3 is 3. The van der Waals surface area contributed by atoms with E-state index < -0.39 is 17.8 Å². The van der Waals surface area contributed by atoms with Gasteiger partial charge in [-0.05, 0) is 35.4 Å². The molecule has 0 bridgehead atoms. The van der Waals surface area contributed by atoms with Crippen LogP contribution in [0.1, 0.15) is 17.0 Å². The number of ether oxygens (including phenoxy) is 3. The Balaban J connectivity index is 2.65. The van der Waals surface area contributed by atoms with Crippen molar-refractivity contribution in [3.63, 3.8) is 0 Å². The molecule has 2 rings (SSSR count). The first kappa shape index (κ1) is 21.8. The first-order valence-corrected chi connectivity index (χ1v) is 8.95. The SMILES string of the molecule is COc1cc([C@H](c2ccc(OC)c(OC)c2)[C@H](CO)C(CO)CO)ccc1O. The lowest BCUT2D eigenvalue weighted by Crippen LogP contribution is -2.31. The fourth-order valence-electron chi connectivity index (χ4n) is 3.48. The molecule has 0 aliphatic carbocycles. The van der Waals surface area contributed by atoms with E-state index in [1.54, 1.807) is 31.4 Å². The highest BCUT2D eigenvalue weighted by Gasteiger charge is 2.32. The van der Waals surface area contributed by atoms with E-state index >= 15 is 0 Å². The van der Waals surface area contributed by atoms with Crippen LogP contribution in [-0.2, 0) is 0 Å². The molecule has 0 fully saturated rings. The highest BCUT2D eigenvalue weighted by atomic mass is 16.5. The minimum atomic E-state index is -0.539. The maximum Gasteiger partial charge on any atom is 0.161 e. The molecule has 0 aliphatic heterocycles. The number of phenols is 1. The summed E-state index contributed by atoms with van der Waals surface area (Å²) < 4.78 is 15.9. The second kappa shape index (κ2) is 10.2. The second-order valence-electron chi connectivity index (χ2n) is 6.50. The fraction of sp³-hybridized carbons (Fsp3) is 0.429. The highest BCUT2D eigenvalue weighted by molar-refractivity contribution is 5.49. The van der Waals surface area contributed by atoms with E-state index in [9.17, 15) is 20.4 Å². The molecule has 0 spiro atoms. The lowest BCUT2D eigenvalue weighted by molar-refractivity contribution is 0.0654. The van der Waals surface area contributed by atoms with E-state index in [-0.39, 0.29) is 25.6 Å². The zero-order valence-electron chi connectivity index (χ0n) is 16.3. The van der Waals surface area contributed by atoms with Crippen molar-refractivity contribution in [1.29, 1.82) is 0 Å². The third-order valence-corrected chi connectivity index (χ3v) is 5.04. The minimum absolute atomic E-state index is 0.00118. The molecular weight excluding hydrogens is 364 g/mol. The van der Waals surface area contributed by atoms with Crippen LogP contribution < -0.4 is 14.2 Å². The van der Waals surface area contributed by atoms with Crippen LogP contribution in [0.3, 0.4) is 0 Å². The van der Waals surface area contributed by atoms with Crippen LogP contribution in [-0.4, -0.2) is 61.6 Å². The predicted molar refractivity (Wildman–Crippen MR) is 104 cm³/mol. The Kier molecular flexibility index (Phi) is 7.92. The molecule has 4 N–H and O–H groups in total. The first-order chi connectivity index (χ1) is 13.5. The molecule has 7 nitrogen and oxygen atoms in total. The molecule has 0 saturated carbocycles. The minimum Gasteiger partial charge on any atom is -0.504 e. The largest absolute Gasteiger partial charge is 0.504 e. The summed E-state index contributed by atoms with van der Waals surface area (Å²) in [7, 11) is 4.54. The monoisotopic (exact) mass is 392 g/mol. The van der Waals surface area contributed by atoms with Gasteiger partial charge in [0.25, 0.3) is 0 Å². The highest BCUT2D eigenvalue weighted by Crippen LogP contribution is 2.41. The molecule has 0 unspecified atom stereocenters. The molecule has 2 atom stereocenters. The summed E-state index contributed by atoms with van der Waals surface area (Å²) in [4.78, 5) is 0. The van der Waals surface area contributed by atoms with Gasteiger partial charge in [0.2, 0.25) is 0 Å². The molecule has 7 heteroatoms. The summed E-state index contributed by atoms with van der Waals surface area (Å²) in [6, 6.07) is 10.3. The van der Waals surface area contributed by atoms with Gasteiger partial charge >= 0.3 is 0 Å². The molecular formula is C21H28O7. The van der Waals surface area contributed by atoms with Gasteiger partial charge in [-0.15, -0.1) is 0 Å². The predicted octanol–water partition coefficient (Wildman–Crippen LogP) is 1.76. The third kappa shape index (κ3) is 4.49. The molecule has 154 valence electrons. The average Bonchev–Trinajstić information content (AvgIpc) is 2.74. The molecule has 0 saturated heterocycles. The lowest BCUT2D eigenvalue weighted by atomic mass is 9.75. The van der Waals surface area contributed by atoms with Crippen LogP contribution in [0.5, 0.6) is 23.0 Å². The van der Waals surface area contributed by atoms with Gasteiger partial charge < -0.3 is 34.6 Å². The Morgan fingerprint density at radius 2 is 1.25 bits per heavy atom. The summed E-state index contributed by atoms with van der Waals surface area (Å²) in [5, 5.41) is 39.5. The van der Waals surface area contributed by atoms with E-state index in [1.807, 2.05) is 6.07 Å². The van der Waals surface area contributed by atoms with Crippen molar-refractivity contribution in [2.24, 2.45) is 11.8 Å². The summed E-state index contributed by atoms with van der Waals surface area (Å²) >= 11 is 0. The van der Waals surface area contributed by atoms with Gasteiger partial charge in [0.05, 0.1) is 21.3 Å². The van der Waals surface area contributed by atoms with Crippen LogP contribution >= 0.6 is 0 Å². The van der Waals surface area contributed by atoms with Crippen LogP contribution in [0.2, 0.25) is 0 Å². The number of hydrogen-bond donors (Lipinski definition) is 4. The maximum absolute atomic E-state index is 10.1. The molecule has 0 radical (unpaired) electrons. The number of rotatable bonds is 10. The number of benzene rings is 2. The fourth-order valence-corrected chi connectivity index (χ4v) is 3.48. The number of aromatic hydroxyl groups is 1. The number of phenolic OH excluding ortho intramolecular Hbond substituents is 1. The van der Waals surface area contributed by atoms with Crippen molar-refractivity contribution in [2.45, 2.75) is 5.92 Å². The van der Waals surface area contributed by atoms with Crippen molar-refractivity contribution < 1.29 is 34.6 Å². The van der Waals surface area contributed by atoms with E-state index in [1.165, 1.54) is 20.3 Å². The van der Waals surface area contributed by atoms with E-state index in [4.69, 9.17) is 14.2 Å². The Morgan fingerprint density at radius 1 is 0.714 bits per heavy atom. The van der Waals surface area contributed by atoms with Crippen LogP contribution in [0.25, 0.3) is 0 Å². The molecule has 0 amide bonds.